The van der Waals surface area contributed by atoms with Crippen LogP contribution in [0.5, 0.6) is 0 Å². The summed E-state index contributed by atoms with van der Waals surface area (Å²) < 4.78 is 4.89. The van der Waals surface area contributed by atoms with Gasteiger partial charge < -0.3 is 10.1 Å². The molecule has 0 saturated carbocycles. The zero-order chi connectivity index (χ0) is 17.5. The highest BCUT2D eigenvalue weighted by atomic mass is 35.5. The zero-order valence-corrected chi connectivity index (χ0v) is 13.0. The molecule has 0 heterocycles. The number of hydrogen-bond acceptors (Lipinski definition) is 5. The Bertz CT molecular complexity index is 881. The van der Waals surface area contributed by atoms with Crippen molar-refractivity contribution >= 4 is 29.2 Å². The quantitative estimate of drug-likeness (QED) is 0.862. The van der Waals surface area contributed by atoms with Crippen LogP contribution in [0.15, 0.2) is 42.5 Å². The summed E-state index contributed by atoms with van der Waals surface area (Å²) in [6, 6.07) is 14.2. The van der Waals surface area contributed by atoms with Crippen LogP contribution in [0.4, 0.5) is 5.69 Å². The first-order valence-electron chi connectivity index (χ1n) is 6.70. The van der Waals surface area contributed by atoms with E-state index in [4.69, 9.17) is 26.9 Å². The van der Waals surface area contributed by atoms with E-state index in [1.807, 2.05) is 12.1 Å². The van der Waals surface area contributed by atoms with Crippen molar-refractivity contribution in [3.63, 3.8) is 0 Å². The molecule has 7 heteroatoms. The number of nitrogens with one attached hydrogen (secondary N) is 1. The Hall–Kier alpha value is -3.35. The Morgan fingerprint density at radius 2 is 1.92 bits per heavy atom. The molecule has 118 valence electrons. The maximum absolute atomic E-state index is 11.9. The minimum Gasteiger partial charge on any atom is -0.452 e. The summed E-state index contributed by atoms with van der Waals surface area (Å²) in [7, 11) is 0. The number of carbonyl (C=O) groups is 2. The van der Waals surface area contributed by atoms with Crippen LogP contribution in [0.1, 0.15) is 21.5 Å². The molecule has 24 heavy (non-hydrogen) atoms. The SMILES string of the molecule is N#Cc1cccc(C(=O)OCC(=O)Nc2cc(Cl)ccc2C#N)c1. The summed E-state index contributed by atoms with van der Waals surface area (Å²) in [6.45, 7) is -0.535. The smallest absolute Gasteiger partial charge is 0.338 e. The maximum atomic E-state index is 11.9. The second kappa shape index (κ2) is 7.77. The van der Waals surface area contributed by atoms with E-state index in [-0.39, 0.29) is 16.8 Å². The molecular formula is C17H10ClN3O3. The number of anilines is 1. The van der Waals surface area contributed by atoms with E-state index in [1.54, 1.807) is 12.1 Å². The average molecular weight is 340 g/mol. The van der Waals surface area contributed by atoms with Crippen LogP contribution < -0.4 is 5.32 Å². The van der Waals surface area contributed by atoms with Crippen molar-refractivity contribution < 1.29 is 14.3 Å². The minimum absolute atomic E-state index is 0.169. The molecule has 0 aromatic heterocycles. The van der Waals surface area contributed by atoms with Gasteiger partial charge in [0, 0.05) is 5.02 Å². The number of nitriles is 2. The number of carbonyl (C=O) groups excluding carboxylic acids is 2. The van der Waals surface area contributed by atoms with E-state index < -0.39 is 18.5 Å². The number of rotatable bonds is 4. The average Bonchev–Trinajstić information content (AvgIpc) is 2.60. The number of halogens is 1. The first-order chi connectivity index (χ1) is 11.5. The Kier molecular flexibility index (Phi) is 5.51. The molecule has 0 radical (unpaired) electrons. The van der Waals surface area contributed by atoms with Crippen LogP contribution in [0.2, 0.25) is 5.02 Å². The molecule has 0 bridgehead atoms. The normalized spacial score (nSPS) is 9.46. The van der Waals surface area contributed by atoms with Crippen molar-refractivity contribution in [3.8, 4) is 12.1 Å². The largest absolute Gasteiger partial charge is 0.452 e. The molecule has 0 fully saturated rings. The van der Waals surface area contributed by atoms with Gasteiger partial charge in [-0.3, -0.25) is 4.79 Å². The summed E-state index contributed by atoms with van der Waals surface area (Å²) in [4.78, 5) is 23.7. The highest BCUT2D eigenvalue weighted by Gasteiger charge is 2.12. The van der Waals surface area contributed by atoms with Crippen molar-refractivity contribution in [2.24, 2.45) is 0 Å². The first-order valence-corrected chi connectivity index (χ1v) is 7.08. The van der Waals surface area contributed by atoms with Crippen LogP contribution >= 0.6 is 11.6 Å². The molecule has 0 aliphatic carbocycles. The van der Waals surface area contributed by atoms with Crippen LogP contribution in [0.25, 0.3) is 0 Å². The predicted molar refractivity (Wildman–Crippen MR) is 86.2 cm³/mol. The molecule has 0 unspecified atom stereocenters. The molecule has 1 N–H and O–H groups in total. The third-order valence-corrected chi connectivity index (χ3v) is 3.17. The van der Waals surface area contributed by atoms with E-state index in [2.05, 4.69) is 5.32 Å². The van der Waals surface area contributed by atoms with E-state index in [0.717, 1.165) is 0 Å². The number of hydrogen-bond donors (Lipinski definition) is 1. The van der Waals surface area contributed by atoms with Crippen molar-refractivity contribution in [3.05, 3.63) is 64.2 Å². The Balaban J connectivity index is 1.99. The van der Waals surface area contributed by atoms with Crippen LogP contribution in [-0.2, 0) is 9.53 Å². The predicted octanol–water partition coefficient (Wildman–Crippen LogP) is 2.88. The van der Waals surface area contributed by atoms with Crippen molar-refractivity contribution in [1.82, 2.24) is 0 Å². The molecule has 0 spiro atoms. The molecule has 0 atom stereocenters. The van der Waals surface area contributed by atoms with Gasteiger partial charge in [-0.2, -0.15) is 10.5 Å². The van der Waals surface area contributed by atoms with Gasteiger partial charge in [0.15, 0.2) is 6.61 Å². The van der Waals surface area contributed by atoms with Gasteiger partial charge in [-0.1, -0.05) is 17.7 Å². The second-order valence-corrected chi connectivity index (χ2v) is 5.06. The molecule has 6 nitrogen and oxygen atoms in total. The van der Waals surface area contributed by atoms with E-state index in [1.165, 1.54) is 30.3 Å². The maximum Gasteiger partial charge on any atom is 0.338 e. The Labute approximate surface area is 142 Å². The fourth-order valence-corrected chi connectivity index (χ4v) is 2.01. The minimum atomic E-state index is -0.728. The van der Waals surface area contributed by atoms with Gasteiger partial charge in [0.2, 0.25) is 0 Å². The van der Waals surface area contributed by atoms with E-state index in [9.17, 15) is 9.59 Å². The summed E-state index contributed by atoms with van der Waals surface area (Å²) in [5, 5.41) is 20.6. The highest BCUT2D eigenvalue weighted by Crippen LogP contribution is 2.20. The molecule has 2 aromatic rings. The fraction of sp³-hybridized carbons (Fsp3) is 0.0588. The zero-order valence-electron chi connectivity index (χ0n) is 12.2. The summed E-state index contributed by atoms with van der Waals surface area (Å²) in [6.07, 6.45) is 0. The van der Waals surface area contributed by atoms with Gasteiger partial charge in [-0.15, -0.1) is 0 Å². The number of esters is 1. The molecule has 0 aliphatic heterocycles. The molecule has 1 amide bonds. The van der Waals surface area contributed by atoms with Crippen molar-refractivity contribution in [2.45, 2.75) is 0 Å². The Morgan fingerprint density at radius 3 is 2.62 bits per heavy atom. The summed E-state index contributed by atoms with van der Waals surface area (Å²) >= 11 is 5.82. The summed E-state index contributed by atoms with van der Waals surface area (Å²) in [5.41, 5.74) is 0.951. The van der Waals surface area contributed by atoms with Crippen LogP contribution in [-0.4, -0.2) is 18.5 Å². The van der Waals surface area contributed by atoms with Gasteiger partial charge in [-0.25, -0.2) is 4.79 Å². The number of ether oxygens (including phenoxy) is 1. The third-order valence-electron chi connectivity index (χ3n) is 2.94. The molecule has 2 aromatic carbocycles. The first kappa shape index (κ1) is 17.0. The topological polar surface area (TPSA) is 103 Å². The monoisotopic (exact) mass is 339 g/mol. The number of benzene rings is 2. The molecular weight excluding hydrogens is 330 g/mol. The van der Waals surface area contributed by atoms with Crippen LogP contribution in [0.3, 0.4) is 0 Å². The van der Waals surface area contributed by atoms with Gasteiger partial charge in [0.05, 0.1) is 28.4 Å². The van der Waals surface area contributed by atoms with Crippen molar-refractivity contribution in [2.75, 3.05) is 11.9 Å². The Morgan fingerprint density at radius 1 is 1.12 bits per heavy atom. The highest BCUT2D eigenvalue weighted by molar-refractivity contribution is 6.31. The third kappa shape index (κ3) is 4.33. The van der Waals surface area contributed by atoms with Crippen LogP contribution in [0, 0.1) is 22.7 Å². The van der Waals surface area contributed by atoms with Gasteiger partial charge in [0.25, 0.3) is 5.91 Å². The number of amides is 1. The van der Waals surface area contributed by atoms with Gasteiger partial charge >= 0.3 is 5.97 Å². The fourth-order valence-electron chi connectivity index (χ4n) is 1.83. The summed E-state index contributed by atoms with van der Waals surface area (Å²) in [5.74, 6) is -1.34. The number of nitrogens with zero attached hydrogens (tertiary/aromatic N) is 2. The lowest BCUT2D eigenvalue weighted by Crippen LogP contribution is -2.21. The van der Waals surface area contributed by atoms with Gasteiger partial charge in [0.1, 0.15) is 6.07 Å². The lowest BCUT2D eigenvalue weighted by atomic mass is 10.1. The molecule has 0 aliphatic rings. The molecule has 2 rings (SSSR count). The lowest BCUT2D eigenvalue weighted by molar-refractivity contribution is -0.119. The van der Waals surface area contributed by atoms with E-state index >= 15 is 0 Å². The van der Waals surface area contributed by atoms with E-state index in [0.29, 0.717) is 10.6 Å². The lowest BCUT2D eigenvalue weighted by Gasteiger charge is -2.08. The van der Waals surface area contributed by atoms with Crippen molar-refractivity contribution in [1.29, 1.82) is 10.5 Å². The van der Waals surface area contributed by atoms with Gasteiger partial charge in [-0.05, 0) is 36.4 Å². The standard InChI is InChI=1S/C17H10ClN3O3/c18-14-5-4-13(9-20)15(7-14)21-16(22)10-24-17(23)12-3-1-2-11(6-12)8-19/h1-7H,10H2,(H,21,22). The molecule has 0 saturated heterocycles. The second-order valence-electron chi connectivity index (χ2n) is 4.62.